The monoisotopic (exact) mass is 270 g/mol. The first-order chi connectivity index (χ1) is 7.16. The Morgan fingerprint density at radius 2 is 2.40 bits per heavy atom. The highest BCUT2D eigenvalue weighted by molar-refractivity contribution is 9.10. The smallest absolute Gasteiger partial charge is 0.129 e. The van der Waals surface area contributed by atoms with Crippen molar-refractivity contribution in [3.8, 4) is 0 Å². The molecular weight excluding hydrogens is 256 g/mol. The highest BCUT2D eigenvalue weighted by atomic mass is 79.9. The van der Waals surface area contributed by atoms with E-state index in [0.717, 1.165) is 29.9 Å². The molecule has 0 radical (unpaired) electrons. The molecule has 1 aromatic heterocycles. The molecule has 15 heavy (non-hydrogen) atoms. The Balaban J connectivity index is 2.08. The third kappa shape index (κ3) is 2.49. The molecule has 1 N–H and O–H groups in total. The van der Waals surface area contributed by atoms with Crippen molar-refractivity contribution in [3.63, 3.8) is 0 Å². The highest BCUT2D eigenvalue weighted by Gasteiger charge is 2.26. The molecule has 1 fully saturated rings. The van der Waals surface area contributed by atoms with Crippen LogP contribution in [0, 0.1) is 5.92 Å². The molecule has 2 unspecified atom stereocenters. The van der Waals surface area contributed by atoms with Crippen molar-refractivity contribution in [1.82, 2.24) is 4.98 Å². The Morgan fingerprint density at radius 1 is 1.60 bits per heavy atom. The fraction of sp³-hybridized carbons (Fsp3) is 0.545. The molecule has 2 heterocycles. The number of hydrogen-bond acceptors (Lipinski definition) is 3. The molecular formula is C11H15BrN2O. The van der Waals surface area contributed by atoms with Crippen molar-refractivity contribution in [2.45, 2.75) is 19.4 Å². The van der Waals surface area contributed by atoms with Crippen LogP contribution in [0.25, 0.3) is 0 Å². The van der Waals surface area contributed by atoms with Gasteiger partial charge in [-0.25, -0.2) is 4.98 Å². The SMILES string of the molecule is CC(O)C1CCN(c2cccc(Br)n2)C1. The van der Waals surface area contributed by atoms with E-state index in [9.17, 15) is 5.11 Å². The summed E-state index contributed by atoms with van der Waals surface area (Å²) in [5.74, 6) is 1.37. The summed E-state index contributed by atoms with van der Waals surface area (Å²) < 4.78 is 0.862. The second kappa shape index (κ2) is 4.49. The second-order valence-electron chi connectivity index (χ2n) is 4.05. The van der Waals surface area contributed by atoms with Crippen LogP contribution < -0.4 is 4.90 Å². The van der Waals surface area contributed by atoms with Gasteiger partial charge in [-0.05, 0) is 41.4 Å². The third-order valence-electron chi connectivity index (χ3n) is 2.93. The summed E-state index contributed by atoms with van der Waals surface area (Å²) in [5, 5.41) is 9.52. The standard InChI is InChI=1S/C11H15BrN2O/c1-8(15)9-5-6-14(7-9)11-4-2-3-10(12)13-11/h2-4,8-9,15H,5-7H2,1H3. The molecule has 0 bridgehead atoms. The first-order valence-electron chi connectivity index (χ1n) is 5.22. The summed E-state index contributed by atoms with van der Waals surface area (Å²) >= 11 is 3.37. The quantitative estimate of drug-likeness (QED) is 0.836. The number of anilines is 1. The summed E-state index contributed by atoms with van der Waals surface area (Å²) in [4.78, 5) is 6.63. The van der Waals surface area contributed by atoms with E-state index in [2.05, 4.69) is 25.8 Å². The van der Waals surface area contributed by atoms with Crippen LogP contribution in [0.4, 0.5) is 5.82 Å². The van der Waals surface area contributed by atoms with Crippen LogP contribution >= 0.6 is 15.9 Å². The fourth-order valence-corrected chi connectivity index (χ4v) is 2.30. The number of aliphatic hydroxyl groups excluding tert-OH is 1. The van der Waals surface area contributed by atoms with E-state index in [1.54, 1.807) is 0 Å². The second-order valence-corrected chi connectivity index (χ2v) is 4.87. The Bertz CT molecular complexity index is 343. The maximum atomic E-state index is 9.52. The van der Waals surface area contributed by atoms with Gasteiger partial charge < -0.3 is 10.0 Å². The third-order valence-corrected chi connectivity index (χ3v) is 3.37. The van der Waals surface area contributed by atoms with Crippen molar-refractivity contribution in [1.29, 1.82) is 0 Å². The first kappa shape index (κ1) is 10.9. The van der Waals surface area contributed by atoms with Gasteiger partial charge in [-0.2, -0.15) is 0 Å². The lowest BCUT2D eigenvalue weighted by molar-refractivity contribution is 0.136. The summed E-state index contributed by atoms with van der Waals surface area (Å²) in [6, 6.07) is 5.92. The number of aromatic nitrogens is 1. The molecule has 1 aliphatic heterocycles. The van der Waals surface area contributed by atoms with Crippen LogP contribution in [0.3, 0.4) is 0 Å². The molecule has 4 heteroatoms. The van der Waals surface area contributed by atoms with Crippen molar-refractivity contribution in [3.05, 3.63) is 22.8 Å². The Hall–Kier alpha value is -0.610. The number of rotatable bonds is 2. The Labute approximate surface area is 98.3 Å². The fourth-order valence-electron chi connectivity index (χ4n) is 1.96. The molecule has 1 aromatic rings. The van der Waals surface area contributed by atoms with Gasteiger partial charge >= 0.3 is 0 Å². The molecule has 1 saturated heterocycles. The largest absolute Gasteiger partial charge is 0.393 e. The molecule has 0 amide bonds. The average molecular weight is 271 g/mol. The van der Waals surface area contributed by atoms with E-state index in [0.29, 0.717) is 5.92 Å². The minimum absolute atomic E-state index is 0.220. The van der Waals surface area contributed by atoms with E-state index >= 15 is 0 Å². The van der Waals surface area contributed by atoms with E-state index < -0.39 is 0 Å². The lowest BCUT2D eigenvalue weighted by Crippen LogP contribution is -2.24. The Morgan fingerprint density at radius 3 is 3.00 bits per heavy atom. The molecule has 0 aliphatic carbocycles. The van der Waals surface area contributed by atoms with Gasteiger partial charge in [-0.1, -0.05) is 6.07 Å². The van der Waals surface area contributed by atoms with Gasteiger partial charge in [-0.3, -0.25) is 0 Å². The molecule has 0 spiro atoms. The van der Waals surface area contributed by atoms with Crippen molar-refractivity contribution >= 4 is 21.7 Å². The minimum Gasteiger partial charge on any atom is -0.393 e. The van der Waals surface area contributed by atoms with Crippen molar-refractivity contribution in [2.24, 2.45) is 5.92 Å². The molecule has 82 valence electrons. The van der Waals surface area contributed by atoms with E-state index in [-0.39, 0.29) is 6.10 Å². The van der Waals surface area contributed by atoms with Crippen LogP contribution in [0.1, 0.15) is 13.3 Å². The van der Waals surface area contributed by atoms with Crippen LogP contribution in [0.2, 0.25) is 0 Å². The highest BCUT2D eigenvalue weighted by Crippen LogP contribution is 2.25. The summed E-state index contributed by atoms with van der Waals surface area (Å²) in [5.41, 5.74) is 0. The van der Waals surface area contributed by atoms with Gasteiger partial charge in [0.2, 0.25) is 0 Å². The number of pyridine rings is 1. The average Bonchev–Trinajstić information content (AvgIpc) is 2.66. The maximum Gasteiger partial charge on any atom is 0.129 e. The zero-order valence-electron chi connectivity index (χ0n) is 8.73. The molecule has 3 nitrogen and oxygen atoms in total. The van der Waals surface area contributed by atoms with Crippen LogP contribution in [-0.4, -0.2) is 29.3 Å². The molecule has 0 aromatic carbocycles. The van der Waals surface area contributed by atoms with Crippen LogP contribution in [0.5, 0.6) is 0 Å². The topological polar surface area (TPSA) is 36.4 Å². The van der Waals surface area contributed by atoms with Gasteiger partial charge in [0.15, 0.2) is 0 Å². The van der Waals surface area contributed by atoms with E-state index in [1.807, 2.05) is 25.1 Å². The number of hydrogen-bond donors (Lipinski definition) is 1. The first-order valence-corrected chi connectivity index (χ1v) is 6.01. The van der Waals surface area contributed by atoms with Gasteiger partial charge in [0.05, 0.1) is 6.10 Å². The zero-order valence-corrected chi connectivity index (χ0v) is 10.3. The van der Waals surface area contributed by atoms with Crippen molar-refractivity contribution in [2.75, 3.05) is 18.0 Å². The van der Waals surface area contributed by atoms with Gasteiger partial charge in [0, 0.05) is 19.0 Å². The molecule has 2 rings (SSSR count). The lowest BCUT2D eigenvalue weighted by Gasteiger charge is -2.18. The molecule has 0 saturated carbocycles. The van der Waals surface area contributed by atoms with E-state index in [1.165, 1.54) is 0 Å². The van der Waals surface area contributed by atoms with Crippen molar-refractivity contribution < 1.29 is 5.11 Å². The summed E-state index contributed by atoms with van der Waals surface area (Å²) in [6.07, 6.45) is 0.827. The van der Waals surface area contributed by atoms with Crippen LogP contribution in [-0.2, 0) is 0 Å². The van der Waals surface area contributed by atoms with Gasteiger partial charge in [0.1, 0.15) is 10.4 Å². The van der Waals surface area contributed by atoms with Gasteiger partial charge in [0.25, 0.3) is 0 Å². The maximum absolute atomic E-state index is 9.52. The Kier molecular flexibility index (Phi) is 3.26. The minimum atomic E-state index is -0.220. The number of aliphatic hydroxyl groups is 1. The zero-order chi connectivity index (χ0) is 10.8. The molecule has 1 aliphatic rings. The predicted octanol–water partition coefficient (Wildman–Crippen LogP) is 2.05. The van der Waals surface area contributed by atoms with Gasteiger partial charge in [-0.15, -0.1) is 0 Å². The molecule has 2 atom stereocenters. The normalized spacial score (nSPS) is 23.1. The summed E-state index contributed by atoms with van der Waals surface area (Å²) in [7, 11) is 0. The summed E-state index contributed by atoms with van der Waals surface area (Å²) in [6.45, 7) is 3.75. The number of halogens is 1. The van der Waals surface area contributed by atoms with E-state index in [4.69, 9.17) is 0 Å². The predicted molar refractivity (Wildman–Crippen MR) is 63.9 cm³/mol. The number of nitrogens with zero attached hydrogens (tertiary/aromatic N) is 2. The lowest BCUT2D eigenvalue weighted by atomic mass is 10.0. The van der Waals surface area contributed by atoms with Crippen LogP contribution in [0.15, 0.2) is 22.8 Å².